The average molecular weight is 159 g/mol. The number of nitrogens with two attached hydrogens (primary N) is 3. The molecule has 0 aliphatic carbocycles. The molecule has 0 bridgehead atoms. The van der Waals surface area contributed by atoms with Gasteiger partial charge in [-0.2, -0.15) is 0 Å². The topological polar surface area (TPSA) is 78.1 Å². The molecule has 0 unspecified atom stereocenters. The van der Waals surface area contributed by atoms with Crippen LogP contribution in [-0.4, -0.2) is 19.6 Å². The SMILES string of the molecule is CC(CCN)(CCN)CCN. The third kappa shape index (κ3) is 4.35. The van der Waals surface area contributed by atoms with Crippen molar-refractivity contribution in [1.82, 2.24) is 0 Å². The van der Waals surface area contributed by atoms with Crippen LogP contribution in [0, 0.1) is 5.41 Å². The molecule has 0 saturated carbocycles. The van der Waals surface area contributed by atoms with Crippen LogP contribution in [0.1, 0.15) is 26.2 Å². The first kappa shape index (κ1) is 10.9. The quantitative estimate of drug-likeness (QED) is 0.512. The van der Waals surface area contributed by atoms with Crippen LogP contribution in [0.2, 0.25) is 0 Å². The largest absolute Gasteiger partial charge is 0.330 e. The van der Waals surface area contributed by atoms with Gasteiger partial charge in [0.2, 0.25) is 0 Å². The minimum Gasteiger partial charge on any atom is -0.330 e. The normalized spacial score (nSPS) is 12.0. The highest BCUT2D eigenvalue weighted by Crippen LogP contribution is 2.28. The van der Waals surface area contributed by atoms with Crippen molar-refractivity contribution in [3.05, 3.63) is 0 Å². The molecule has 0 rings (SSSR count). The molecule has 0 atom stereocenters. The molecule has 68 valence electrons. The van der Waals surface area contributed by atoms with Crippen molar-refractivity contribution in [3.63, 3.8) is 0 Å². The van der Waals surface area contributed by atoms with E-state index in [9.17, 15) is 0 Å². The highest BCUT2D eigenvalue weighted by Gasteiger charge is 2.20. The maximum atomic E-state index is 5.49. The molecule has 3 nitrogen and oxygen atoms in total. The fraction of sp³-hybridized carbons (Fsp3) is 1.00. The predicted molar refractivity (Wildman–Crippen MR) is 49.1 cm³/mol. The van der Waals surface area contributed by atoms with Crippen LogP contribution in [0.25, 0.3) is 0 Å². The van der Waals surface area contributed by atoms with Gasteiger partial charge in [0.15, 0.2) is 0 Å². The van der Waals surface area contributed by atoms with E-state index >= 15 is 0 Å². The van der Waals surface area contributed by atoms with Gasteiger partial charge in [0.25, 0.3) is 0 Å². The molecule has 0 saturated heterocycles. The summed E-state index contributed by atoms with van der Waals surface area (Å²) in [4.78, 5) is 0. The van der Waals surface area contributed by atoms with Crippen LogP contribution in [0.3, 0.4) is 0 Å². The van der Waals surface area contributed by atoms with Gasteiger partial charge >= 0.3 is 0 Å². The Kier molecular flexibility index (Phi) is 5.46. The summed E-state index contributed by atoms with van der Waals surface area (Å²) in [6.45, 7) is 4.41. The third-order valence-electron chi connectivity index (χ3n) is 2.24. The van der Waals surface area contributed by atoms with Crippen LogP contribution in [0.4, 0.5) is 0 Å². The van der Waals surface area contributed by atoms with Crippen LogP contribution in [-0.2, 0) is 0 Å². The summed E-state index contributed by atoms with van der Waals surface area (Å²) in [6.07, 6.45) is 3.09. The highest BCUT2D eigenvalue weighted by molar-refractivity contribution is 4.75. The van der Waals surface area contributed by atoms with E-state index in [4.69, 9.17) is 17.2 Å². The highest BCUT2D eigenvalue weighted by atomic mass is 14.6. The van der Waals surface area contributed by atoms with Crippen molar-refractivity contribution < 1.29 is 0 Å². The Balaban J connectivity index is 3.79. The summed E-state index contributed by atoms with van der Waals surface area (Å²) >= 11 is 0. The fourth-order valence-electron chi connectivity index (χ4n) is 1.42. The molecule has 0 aromatic rings. The first-order valence-electron chi connectivity index (χ1n) is 4.29. The minimum absolute atomic E-state index is 0.276. The van der Waals surface area contributed by atoms with Crippen LogP contribution >= 0.6 is 0 Å². The Morgan fingerprint density at radius 3 is 1.27 bits per heavy atom. The number of rotatable bonds is 6. The molecular weight excluding hydrogens is 138 g/mol. The van der Waals surface area contributed by atoms with Crippen molar-refractivity contribution in [1.29, 1.82) is 0 Å². The molecule has 0 fully saturated rings. The standard InChI is InChI=1S/C8H21N3/c1-8(2-5-9,3-6-10)4-7-11/h2-7,9-11H2,1H3. The number of hydrogen-bond donors (Lipinski definition) is 3. The molecule has 0 aromatic carbocycles. The Hall–Kier alpha value is -0.120. The first-order chi connectivity index (χ1) is 5.18. The Labute approximate surface area is 69.3 Å². The van der Waals surface area contributed by atoms with Crippen molar-refractivity contribution in [2.75, 3.05) is 19.6 Å². The van der Waals surface area contributed by atoms with Gasteiger partial charge in [0.05, 0.1) is 0 Å². The molecule has 0 radical (unpaired) electrons. The summed E-state index contributed by atoms with van der Waals surface area (Å²) in [5.74, 6) is 0. The fourth-order valence-corrected chi connectivity index (χ4v) is 1.42. The summed E-state index contributed by atoms with van der Waals surface area (Å²) in [5.41, 5.74) is 16.8. The second-order valence-corrected chi connectivity index (χ2v) is 3.43. The molecular formula is C8H21N3. The Morgan fingerprint density at radius 1 is 0.818 bits per heavy atom. The zero-order valence-corrected chi connectivity index (χ0v) is 7.47. The smallest absolute Gasteiger partial charge is 0.00721 e. The van der Waals surface area contributed by atoms with Gasteiger partial charge in [0, 0.05) is 0 Å². The summed E-state index contributed by atoms with van der Waals surface area (Å²) in [5, 5.41) is 0. The van der Waals surface area contributed by atoms with Crippen LogP contribution < -0.4 is 17.2 Å². The predicted octanol–water partition coefficient (Wildman–Crippen LogP) is 0.0391. The average Bonchev–Trinajstić information content (AvgIpc) is 1.88. The monoisotopic (exact) mass is 159 g/mol. The van der Waals surface area contributed by atoms with Crippen molar-refractivity contribution in [2.45, 2.75) is 26.2 Å². The van der Waals surface area contributed by atoms with Gasteiger partial charge < -0.3 is 17.2 Å². The van der Waals surface area contributed by atoms with Gasteiger partial charge in [-0.05, 0) is 44.3 Å². The lowest BCUT2D eigenvalue weighted by molar-refractivity contribution is 0.263. The van der Waals surface area contributed by atoms with Crippen molar-refractivity contribution >= 4 is 0 Å². The first-order valence-corrected chi connectivity index (χ1v) is 4.29. The lowest BCUT2D eigenvalue weighted by atomic mass is 9.80. The Bertz CT molecular complexity index is 76.3. The van der Waals surface area contributed by atoms with E-state index in [1.807, 2.05) is 0 Å². The molecule has 11 heavy (non-hydrogen) atoms. The second-order valence-electron chi connectivity index (χ2n) is 3.43. The van der Waals surface area contributed by atoms with E-state index in [2.05, 4.69) is 6.92 Å². The molecule has 0 aromatic heterocycles. The zero-order chi connectivity index (χ0) is 8.74. The Morgan fingerprint density at radius 2 is 1.09 bits per heavy atom. The van der Waals surface area contributed by atoms with Gasteiger partial charge in [-0.25, -0.2) is 0 Å². The summed E-state index contributed by atoms with van der Waals surface area (Å²) < 4.78 is 0. The van der Waals surface area contributed by atoms with E-state index in [0.29, 0.717) is 0 Å². The molecule has 6 N–H and O–H groups in total. The van der Waals surface area contributed by atoms with E-state index in [0.717, 1.165) is 38.9 Å². The summed E-state index contributed by atoms with van der Waals surface area (Å²) in [6, 6.07) is 0. The minimum atomic E-state index is 0.276. The maximum Gasteiger partial charge on any atom is -0.00721 e. The lowest BCUT2D eigenvalue weighted by Crippen LogP contribution is -2.27. The van der Waals surface area contributed by atoms with Crippen molar-refractivity contribution in [2.24, 2.45) is 22.6 Å². The second kappa shape index (κ2) is 5.52. The molecule has 3 heteroatoms. The van der Waals surface area contributed by atoms with Gasteiger partial charge in [-0.3, -0.25) is 0 Å². The molecule has 0 heterocycles. The van der Waals surface area contributed by atoms with E-state index in [1.54, 1.807) is 0 Å². The number of hydrogen-bond acceptors (Lipinski definition) is 3. The molecule has 0 amide bonds. The van der Waals surface area contributed by atoms with Gasteiger partial charge in [-0.1, -0.05) is 6.92 Å². The van der Waals surface area contributed by atoms with Gasteiger partial charge in [-0.15, -0.1) is 0 Å². The lowest BCUT2D eigenvalue weighted by Gasteiger charge is -2.27. The zero-order valence-electron chi connectivity index (χ0n) is 7.47. The summed E-state index contributed by atoms with van der Waals surface area (Å²) in [7, 11) is 0. The maximum absolute atomic E-state index is 5.49. The van der Waals surface area contributed by atoms with E-state index < -0.39 is 0 Å². The van der Waals surface area contributed by atoms with Gasteiger partial charge in [0.1, 0.15) is 0 Å². The molecule has 0 aliphatic rings. The third-order valence-corrected chi connectivity index (χ3v) is 2.24. The molecule has 0 spiro atoms. The van der Waals surface area contributed by atoms with E-state index in [-0.39, 0.29) is 5.41 Å². The molecule has 0 aliphatic heterocycles. The van der Waals surface area contributed by atoms with E-state index in [1.165, 1.54) is 0 Å². The van der Waals surface area contributed by atoms with Crippen LogP contribution in [0.15, 0.2) is 0 Å². The van der Waals surface area contributed by atoms with Crippen molar-refractivity contribution in [3.8, 4) is 0 Å². The van der Waals surface area contributed by atoms with Crippen LogP contribution in [0.5, 0.6) is 0 Å².